The average Bonchev–Trinajstić information content (AvgIpc) is 2.70. The minimum absolute atomic E-state index is 0.111. The lowest BCUT2D eigenvalue weighted by Gasteiger charge is -2.26. The van der Waals surface area contributed by atoms with E-state index in [9.17, 15) is 13.2 Å². The second kappa shape index (κ2) is 8.69. The zero-order valence-corrected chi connectivity index (χ0v) is 17.6. The van der Waals surface area contributed by atoms with Gasteiger partial charge in [0.15, 0.2) is 0 Å². The number of halogens is 2. The van der Waals surface area contributed by atoms with E-state index in [1.807, 2.05) is 0 Å². The van der Waals surface area contributed by atoms with E-state index in [0.717, 1.165) is 19.3 Å². The van der Waals surface area contributed by atoms with E-state index in [-0.39, 0.29) is 15.6 Å². The zero-order valence-electron chi connectivity index (χ0n) is 15.2. The number of hydrogen-bond donors (Lipinski definition) is 1. The van der Waals surface area contributed by atoms with E-state index in [2.05, 4.69) is 5.32 Å². The number of nitrogens with one attached hydrogen (secondary N) is 1. The maximum absolute atomic E-state index is 12.9. The predicted octanol–water partition coefficient (Wildman–Crippen LogP) is 4.43. The summed E-state index contributed by atoms with van der Waals surface area (Å²) in [6.07, 6.45) is 2.71. The molecule has 9 heteroatoms. The van der Waals surface area contributed by atoms with Gasteiger partial charge in [-0.05, 0) is 49.2 Å². The van der Waals surface area contributed by atoms with Gasteiger partial charge in [0.25, 0.3) is 5.91 Å². The topological polar surface area (TPSA) is 75.7 Å². The quantitative estimate of drug-likeness (QED) is 0.742. The van der Waals surface area contributed by atoms with Crippen molar-refractivity contribution < 1.29 is 17.9 Å². The summed E-state index contributed by atoms with van der Waals surface area (Å²) in [5.74, 6) is -0.101. The van der Waals surface area contributed by atoms with E-state index in [0.29, 0.717) is 29.4 Å². The molecular formula is C19H20Cl2N2O4S. The smallest absolute Gasteiger partial charge is 0.255 e. The van der Waals surface area contributed by atoms with Crippen LogP contribution in [0.2, 0.25) is 10.0 Å². The number of benzene rings is 2. The third-order valence-electron chi connectivity index (χ3n) is 4.55. The zero-order chi connectivity index (χ0) is 20.3. The van der Waals surface area contributed by atoms with Crippen molar-refractivity contribution in [2.75, 3.05) is 25.5 Å². The molecule has 2 aromatic carbocycles. The molecule has 1 amide bonds. The maximum atomic E-state index is 12.9. The van der Waals surface area contributed by atoms with Crippen molar-refractivity contribution >= 4 is 44.8 Å². The monoisotopic (exact) mass is 442 g/mol. The Morgan fingerprint density at radius 3 is 2.39 bits per heavy atom. The normalized spacial score (nSPS) is 15.2. The van der Waals surface area contributed by atoms with Gasteiger partial charge in [-0.25, -0.2) is 8.42 Å². The van der Waals surface area contributed by atoms with Gasteiger partial charge in [-0.1, -0.05) is 29.6 Å². The summed E-state index contributed by atoms with van der Waals surface area (Å²) >= 11 is 11.9. The van der Waals surface area contributed by atoms with Gasteiger partial charge in [0.1, 0.15) is 5.75 Å². The summed E-state index contributed by atoms with van der Waals surface area (Å²) in [5, 5.41) is 3.28. The van der Waals surface area contributed by atoms with Crippen LogP contribution in [0.25, 0.3) is 0 Å². The van der Waals surface area contributed by atoms with E-state index in [1.165, 1.54) is 47.8 Å². The van der Waals surface area contributed by atoms with Gasteiger partial charge in [-0.2, -0.15) is 4.31 Å². The molecule has 3 rings (SSSR count). The van der Waals surface area contributed by atoms with Crippen LogP contribution in [0.4, 0.5) is 5.69 Å². The van der Waals surface area contributed by atoms with Crippen LogP contribution in [0.15, 0.2) is 41.3 Å². The summed E-state index contributed by atoms with van der Waals surface area (Å²) in [5.41, 5.74) is 0.553. The highest BCUT2D eigenvalue weighted by molar-refractivity contribution is 7.89. The summed E-state index contributed by atoms with van der Waals surface area (Å²) < 4.78 is 32.6. The molecule has 0 bridgehead atoms. The summed E-state index contributed by atoms with van der Waals surface area (Å²) in [4.78, 5) is 12.7. The number of sulfonamides is 1. The van der Waals surface area contributed by atoms with E-state index >= 15 is 0 Å². The van der Waals surface area contributed by atoms with Crippen LogP contribution < -0.4 is 10.1 Å². The number of anilines is 1. The Bertz CT molecular complexity index is 989. The fraction of sp³-hybridized carbons (Fsp3) is 0.316. The lowest BCUT2D eigenvalue weighted by Crippen LogP contribution is -2.35. The first kappa shape index (κ1) is 20.9. The molecular weight excluding hydrogens is 423 g/mol. The Morgan fingerprint density at radius 2 is 1.75 bits per heavy atom. The minimum Gasteiger partial charge on any atom is -0.495 e. The van der Waals surface area contributed by atoms with Gasteiger partial charge in [-0.15, -0.1) is 0 Å². The van der Waals surface area contributed by atoms with Gasteiger partial charge >= 0.3 is 0 Å². The molecule has 1 heterocycles. The van der Waals surface area contributed by atoms with Gasteiger partial charge in [0, 0.05) is 18.7 Å². The molecule has 0 aromatic heterocycles. The molecule has 0 spiro atoms. The number of hydrogen-bond acceptors (Lipinski definition) is 4. The molecule has 0 aliphatic carbocycles. The van der Waals surface area contributed by atoms with Crippen LogP contribution in [-0.4, -0.2) is 38.8 Å². The first-order valence-corrected chi connectivity index (χ1v) is 11.0. The molecule has 28 heavy (non-hydrogen) atoms. The van der Waals surface area contributed by atoms with Crippen LogP contribution in [0.5, 0.6) is 5.75 Å². The predicted molar refractivity (Wildman–Crippen MR) is 110 cm³/mol. The lowest BCUT2D eigenvalue weighted by atomic mass is 10.2. The minimum atomic E-state index is -3.63. The number of methoxy groups -OCH3 is 1. The van der Waals surface area contributed by atoms with Crippen molar-refractivity contribution in [1.82, 2.24) is 4.31 Å². The Hall–Kier alpha value is -1.80. The largest absolute Gasteiger partial charge is 0.495 e. The van der Waals surface area contributed by atoms with Crippen LogP contribution in [0.1, 0.15) is 29.6 Å². The number of nitrogens with zero attached hydrogens (tertiary/aromatic N) is 1. The second-order valence-corrected chi connectivity index (χ2v) is 9.16. The molecule has 1 saturated heterocycles. The summed E-state index contributed by atoms with van der Waals surface area (Å²) in [6, 6.07) is 8.93. The van der Waals surface area contributed by atoms with Gasteiger partial charge in [0.05, 0.1) is 27.7 Å². The third kappa shape index (κ3) is 4.43. The molecule has 6 nitrogen and oxygen atoms in total. The molecule has 0 radical (unpaired) electrons. The number of carbonyl (C=O) groups excluding carboxylic acids is 1. The Labute approximate surface area is 174 Å². The Morgan fingerprint density at radius 1 is 1.04 bits per heavy atom. The van der Waals surface area contributed by atoms with Crippen molar-refractivity contribution in [1.29, 1.82) is 0 Å². The van der Waals surface area contributed by atoms with Crippen molar-refractivity contribution in [2.24, 2.45) is 0 Å². The number of carbonyl (C=O) groups is 1. The lowest BCUT2D eigenvalue weighted by molar-refractivity contribution is 0.102. The highest BCUT2D eigenvalue weighted by Gasteiger charge is 2.27. The van der Waals surface area contributed by atoms with E-state index in [1.54, 1.807) is 0 Å². The fourth-order valence-corrected chi connectivity index (χ4v) is 4.87. The summed E-state index contributed by atoms with van der Waals surface area (Å²) in [6.45, 7) is 0.999. The molecule has 0 atom stereocenters. The number of piperidine rings is 1. The Kier molecular flexibility index (Phi) is 6.50. The van der Waals surface area contributed by atoms with E-state index < -0.39 is 15.9 Å². The molecule has 0 unspecified atom stereocenters. The van der Waals surface area contributed by atoms with Crippen molar-refractivity contribution in [3.05, 3.63) is 52.0 Å². The van der Waals surface area contributed by atoms with Crippen molar-refractivity contribution in [3.8, 4) is 5.75 Å². The van der Waals surface area contributed by atoms with Gasteiger partial charge in [0.2, 0.25) is 10.0 Å². The molecule has 1 aliphatic heterocycles. The maximum Gasteiger partial charge on any atom is 0.255 e. The molecule has 0 saturated carbocycles. The first-order valence-electron chi connectivity index (χ1n) is 8.77. The van der Waals surface area contributed by atoms with Crippen LogP contribution in [-0.2, 0) is 10.0 Å². The molecule has 2 aromatic rings. The number of amides is 1. The molecule has 1 fully saturated rings. The van der Waals surface area contributed by atoms with E-state index in [4.69, 9.17) is 27.9 Å². The highest BCUT2D eigenvalue weighted by atomic mass is 35.5. The molecule has 1 N–H and O–H groups in total. The highest BCUT2D eigenvalue weighted by Crippen LogP contribution is 2.31. The third-order valence-corrected chi connectivity index (χ3v) is 7.19. The van der Waals surface area contributed by atoms with Crippen LogP contribution in [0.3, 0.4) is 0 Å². The number of rotatable bonds is 5. The number of ether oxygens (including phenoxy) is 1. The average molecular weight is 443 g/mol. The molecule has 1 aliphatic rings. The summed E-state index contributed by atoms with van der Waals surface area (Å²) in [7, 11) is -2.19. The standard InChI is InChI=1S/C19H20Cl2N2O4S/c1-27-18-8-6-14(28(25,26)23-9-3-2-4-10-23)12-17(18)22-19(24)13-5-7-15(20)16(21)11-13/h5-8,11-12H,2-4,9-10H2,1H3,(H,22,24). The van der Waals surface area contributed by atoms with Crippen LogP contribution >= 0.6 is 23.2 Å². The van der Waals surface area contributed by atoms with Crippen molar-refractivity contribution in [2.45, 2.75) is 24.2 Å². The second-order valence-electron chi connectivity index (χ2n) is 6.41. The Balaban J connectivity index is 1.90. The van der Waals surface area contributed by atoms with Gasteiger partial charge < -0.3 is 10.1 Å². The van der Waals surface area contributed by atoms with Crippen LogP contribution in [0, 0.1) is 0 Å². The molecule has 150 valence electrons. The SMILES string of the molecule is COc1ccc(S(=O)(=O)N2CCCCC2)cc1NC(=O)c1ccc(Cl)c(Cl)c1. The first-order chi connectivity index (χ1) is 13.3. The fourth-order valence-electron chi connectivity index (χ4n) is 3.03. The van der Waals surface area contributed by atoms with Crippen molar-refractivity contribution in [3.63, 3.8) is 0 Å². The van der Waals surface area contributed by atoms with Gasteiger partial charge in [-0.3, -0.25) is 4.79 Å².